The van der Waals surface area contributed by atoms with E-state index in [-0.39, 0.29) is 24.5 Å². The zero-order chi connectivity index (χ0) is 22.9. The smallest absolute Gasteiger partial charge is 0.281 e. The third-order valence-corrected chi connectivity index (χ3v) is 6.29. The molecule has 2 aliphatic rings. The first-order chi connectivity index (χ1) is 16.8. The molecule has 1 amide bonds. The van der Waals surface area contributed by atoms with Crippen LogP contribution in [0.25, 0.3) is 17.0 Å². The fourth-order valence-electron chi connectivity index (χ4n) is 4.78. The summed E-state index contributed by atoms with van der Waals surface area (Å²) in [7, 11) is 0. The highest BCUT2D eigenvalue weighted by molar-refractivity contribution is 6.08. The average molecular weight is 454 g/mol. The van der Waals surface area contributed by atoms with E-state index in [0.717, 1.165) is 47.2 Å². The number of carbonyl (C=O) groups is 1. The van der Waals surface area contributed by atoms with E-state index in [2.05, 4.69) is 9.97 Å². The van der Waals surface area contributed by atoms with Crippen LogP contribution in [0.15, 0.2) is 86.9 Å². The molecule has 34 heavy (non-hydrogen) atoms. The Balaban J connectivity index is 1.30. The first-order valence-corrected chi connectivity index (χ1v) is 11.3. The van der Waals surface area contributed by atoms with E-state index >= 15 is 0 Å². The van der Waals surface area contributed by atoms with Gasteiger partial charge in [0.05, 0.1) is 29.1 Å². The number of carbonyl (C=O) groups excluding carboxylic acids is 1. The fourth-order valence-corrected chi connectivity index (χ4v) is 4.78. The van der Waals surface area contributed by atoms with Crippen LogP contribution in [0.5, 0.6) is 5.88 Å². The van der Waals surface area contributed by atoms with Crippen molar-refractivity contribution >= 4 is 28.6 Å². The molecular formula is C26H22N4O4. The number of amides is 1. The van der Waals surface area contributed by atoms with Gasteiger partial charge in [0, 0.05) is 5.92 Å². The molecule has 3 aromatic heterocycles. The summed E-state index contributed by atoms with van der Waals surface area (Å²) in [6.07, 6.45) is 9.53. The predicted octanol–water partition coefficient (Wildman–Crippen LogP) is 5.02. The van der Waals surface area contributed by atoms with Gasteiger partial charge in [0.25, 0.3) is 5.91 Å². The van der Waals surface area contributed by atoms with Gasteiger partial charge in [-0.25, -0.2) is 15.0 Å². The summed E-state index contributed by atoms with van der Waals surface area (Å²) < 4.78 is 17.1. The molecule has 0 radical (unpaired) electrons. The number of benzene rings is 1. The maximum atomic E-state index is 13.4. The minimum absolute atomic E-state index is 0.0462. The number of hydrazone groups is 1. The molecule has 8 heteroatoms. The highest BCUT2D eigenvalue weighted by Crippen LogP contribution is 2.44. The third-order valence-electron chi connectivity index (χ3n) is 6.29. The van der Waals surface area contributed by atoms with Crippen molar-refractivity contribution in [2.45, 2.75) is 25.3 Å². The molecule has 6 rings (SSSR count). The molecule has 2 unspecified atom stereocenters. The molecule has 170 valence electrons. The van der Waals surface area contributed by atoms with Crippen LogP contribution in [0.1, 0.15) is 36.8 Å². The summed E-state index contributed by atoms with van der Waals surface area (Å²) in [6, 6.07) is 14.7. The first kappa shape index (κ1) is 20.4. The standard InChI is InChI=1S/C26H22N4O4/c31-23(15-34-26-19-8-1-2-10-21(19)27-16-28-26)30-25(22-11-5-13-33-22)20-9-3-6-17(24(20)29-30)14-18-7-4-12-32-18/h1-2,4-5,7-8,10-14,16,20,25H,3,6,9,15H2/b17-14+. The van der Waals surface area contributed by atoms with Gasteiger partial charge in [0.2, 0.25) is 5.88 Å². The van der Waals surface area contributed by atoms with Gasteiger partial charge in [-0.1, -0.05) is 12.1 Å². The molecule has 1 saturated carbocycles. The van der Waals surface area contributed by atoms with Crippen molar-refractivity contribution in [2.24, 2.45) is 11.0 Å². The maximum Gasteiger partial charge on any atom is 0.281 e. The minimum Gasteiger partial charge on any atom is -0.467 e. The van der Waals surface area contributed by atoms with Gasteiger partial charge in [-0.2, -0.15) is 5.10 Å². The number of furan rings is 2. The van der Waals surface area contributed by atoms with Crippen molar-refractivity contribution in [3.63, 3.8) is 0 Å². The van der Waals surface area contributed by atoms with Gasteiger partial charge in [-0.15, -0.1) is 0 Å². The second-order valence-electron chi connectivity index (χ2n) is 8.35. The Labute approximate surface area is 195 Å². The van der Waals surface area contributed by atoms with Crippen molar-refractivity contribution in [1.82, 2.24) is 15.0 Å². The zero-order valence-electron chi connectivity index (χ0n) is 18.3. The second kappa shape index (κ2) is 8.62. The molecule has 1 aromatic carbocycles. The Hall–Kier alpha value is -4.20. The Bertz CT molecular complexity index is 1370. The van der Waals surface area contributed by atoms with E-state index in [1.165, 1.54) is 11.3 Å². The SMILES string of the molecule is O=C(COc1ncnc2ccccc12)N1N=C2/C(=C/c3ccco3)CCCC2C1c1ccco1. The lowest BCUT2D eigenvalue weighted by Gasteiger charge is -2.27. The molecule has 4 heterocycles. The molecule has 2 atom stereocenters. The van der Waals surface area contributed by atoms with Crippen molar-refractivity contribution < 1.29 is 18.4 Å². The highest BCUT2D eigenvalue weighted by Gasteiger charge is 2.45. The van der Waals surface area contributed by atoms with Crippen molar-refractivity contribution in [1.29, 1.82) is 0 Å². The Morgan fingerprint density at radius 3 is 2.82 bits per heavy atom. The van der Waals surface area contributed by atoms with Crippen LogP contribution in [-0.2, 0) is 4.79 Å². The number of hydrogen-bond donors (Lipinski definition) is 0. The van der Waals surface area contributed by atoms with Gasteiger partial charge in [-0.05, 0) is 67.3 Å². The second-order valence-corrected chi connectivity index (χ2v) is 8.35. The highest BCUT2D eigenvalue weighted by atomic mass is 16.5. The van der Waals surface area contributed by atoms with Crippen molar-refractivity contribution in [2.75, 3.05) is 6.61 Å². The number of ether oxygens (including phenoxy) is 1. The molecule has 0 N–H and O–H groups in total. The lowest BCUT2D eigenvalue weighted by Crippen LogP contribution is -2.34. The lowest BCUT2D eigenvalue weighted by atomic mass is 9.79. The number of hydrogen-bond acceptors (Lipinski definition) is 7. The number of rotatable bonds is 5. The maximum absolute atomic E-state index is 13.4. The number of fused-ring (bicyclic) bond motifs is 2. The summed E-state index contributed by atoms with van der Waals surface area (Å²) in [6.45, 7) is -0.195. The summed E-state index contributed by atoms with van der Waals surface area (Å²) in [5.74, 6) is 1.64. The number of aromatic nitrogens is 2. The van der Waals surface area contributed by atoms with Gasteiger partial charge in [-0.3, -0.25) is 4.79 Å². The van der Waals surface area contributed by atoms with E-state index in [1.807, 2.05) is 54.6 Å². The van der Waals surface area contributed by atoms with Crippen LogP contribution in [-0.4, -0.2) is 33.2 Å². The van der Waals surface area contributed by atoms with Gasteiger partial charge in [0.1, 0.15) is 23.9 Å². The number of nitrogens with zero attached hydrogens (tertiary/aromatic N) is 4. The number of para-hydroxylation sites is 1. The normalized spacial score (nSPS) is 21.0. The third kappa shape index (κ3) is 3.67. The van der Waals surface area contributed by atoms with Gasteiger partial charge in [0.15, 0.2) is 6.61 Å². The van der Waals surface area contributed by atoms with Crippen molar-refractivity contribution in [3.05, 3.63) is 84.5 Å². The number of allylic oxidation sites excluding steroid dienone is 1. The van der Waals surface area contributed by atoms with Crippen LogP contribution in [0, 0.1) is 5.92 Å². The van der Waals surface area contributed by atoms with E-state index in [1.54, 1.807) is 12.5 Å². The summed E-state index contributed by atoms with van der Waals surface area (Å²) in [5, 5.41) is 7.07. The largest absolute Gasteiger partial charge is 0.467 e. The first-order valence-electron chi connectivity index (χ1n) is 11.3. The molecule has 8 nitrogen and oxygen atoms in total. The molecule has 0 spiro atoms. The van der Waals surface area contributed by atoms with E-state index in [4.69, 9.17) is 18.7 Å². The van der Waals surface area contributed by atoms with E-state index in [0.29, 0.717) is 11.6 Å². The molecule has 0 saturated heterocycles. The van der Waals surface area contributed by atoms with E-state index in [9.17, 15) is 4.79 Å². The van der Waals surface area contributed by atoms with Crippen LogP contribution in [0.2, 0.25) is 0 Å². The summed E-state index contributed by atoms with van der Waals surface area (Å²) >= 11 is 0. The molecule has 1 aliphatic heterocycles. The quantitative estimate of drug-likeness (QED) is 0.420. The van der Waals surface area contributed by atoms with Crippen LogP contribution in [0.3, 0.4) is 0 Å². The van der Waals surface area contributed by atoms with Crippen LogP contribution in [0.4, 0.5) is 0 Å². The molecule has 4 aromatic rings. The Kier molecular flexibility index (Phi) is 5.18. The van der Waals surface area contributed by atoms with Crippen molar-refractivity contribution in [3.8, 4) is 5.88 Å². The monoisotopic (exact) mass is 454 g/mol. The molecule has 0 bridgehead atoms. The predicted molar refractivity (Wildman–Crippen MR) is 125 cm³/mol. The van der Waals surface area contributed by atoms with E-state index < -0.39 is 0 Å². The zero-order valence-corrected chi connectivity index (χ0v) is 18.3. The Morgan fingerprint density at radius 1 is 1.09 bits per heavy atom. The lowest BCUT2D eigenvalue weighted by molar-refractivity contribution is -0.136. The van der Waals surface area contributed by atoms with Gasteiger partial charge >= 0.3 is 0 Å². The minimum atomic E-state index is -0.316. The topological polar surface area (TPSA) is 94.0 Å². The summed E-state index contributed by atoms with van der Waals surface area (Å²) in [4.78, 5) is 21.9. The fraction of sp³-hybridized carbons (Fsp3) is 0.231. The van der Waals surface area contributed by atoms with Crippen LogP contribution < -0.4 is 4.74 Å². The molecular weight excluding hydrogens is 432 g/mol. The Morgan fingerprint density at radius 2 is 1.97 bits per heavy atom. The molecule has 1 fully saturated rings. The average Bonchev–Trinajstić information content (AvgIpc) is 3.63. The van der Waals surface area contributed by atoms with Crippen LogP contribution >= 0.6 is 0 Å². The van der Waals surface area contributed by atoms with Gasteiger partial charge < -0.3 is 13.6 Å². The summed E-state index contributed by atoms with van der Waals surface area (Å²) in [5.41, 5.74) is 2.75. The molecule has 1 aliphatic carbocycles.